The zero-order chi connectivity index (χ0) is 9.97. The number of aldehydes is 1. The molecule has 0 saturated carbocycles. The maximum Gasteiger partial charge on any atom is 0.151 e. The highest BCUT2D eigenvalue weighted by Crippen LogP contribution is 2.23. The number of benzene rings is 1. The maximum absolute atomic E-state index is 10.6. The summed E-state index contributed by atoms with van der Waals surface area (Å²) in [4.78, 5) is 14.7. The lowest BCUT2D eigenvalue weighted by Crippen LogP contribution is -1.88. The molecular formula is C11H9NO2. The molecule has 3 heteroatoms. The van der Waals surface area contributed by atoms with Crippen LogP contribution in [0.25, 0.3) is 10.9 Å². The van der Waals surface area contributed by atoms with Crippen LogP contribution in [0.3, 0.4) is 0 Å². The quantitative estimate of drug-likeness (QED) is 0.675. The van der Waals surface area contributed by atoms with Gasteiger partial charge >= 0.3 is 0 Å². The number of aromatic nitrogens is 1. The fourth-order valence-corrected chi connectivity index (χ4v) is 1.38. The third-order valence-electron chi connectivity index (χ3n) is 2.06. The summed E-state index contributed by atoms with van der Waals surface area (Å²) in [5, 5.41) is 0.861. The number of rotatable bonds is 2. The van der Waals surface area contributed by atoms with Gasteiger partial charge in [0.05, 0.1) is 12.6 Å². The fraction of sp³-hybridized carbons (Fsp3) is 0.0909. The standard InChI is InChI=1S/C11H9NO2/c1-14-11-4-2-3-10-9(11)5-8(7-13)6-12-10/h2-7H,1H3. The van der Waals surface area contributed by atoms with Crippen LogP contribution in [0.1, 0.15) is 10.4 Å². The van der Waals surface area contributed by atoms with Crippen molar-refractivity contribution >= 4 is 17.2 Å². The number of hydrogen-bond acceptors (Lipinski definition) is 3. The number of fused-ring (bicyclic) bond motifs is 1. The van der Waals surface area contributed by atoms with E-state index >= 15 is 0 Å². The summed E-state index contributed by atoms with van der Waals surface area (Å²) in [6.07, 6.45) is 2.33. The molecule has 3 nitrogen and oxygen atoms in total. The molecule has 0 unspecified atom stereocenters. The minimum Gasteiger partial charge on any atom is -0.496 e. The van der Waals surface area contributed by atoms with Gasteiger partial charge in [-0.15, -0.1) is 0 Å². The molecule has 0 aliphatic rings. The fourth-order valence-electron chi connectivity index (χ4n) is 1.38. The Morgan fingerprint density at radius 2 is 2.29 bits per heavy atom. The van der Waals surface area contributed by atoms with Gasteiger partial charge in [-0.3, -0.25) is 9.78 Å². The summed E-state index contributed by atoms with van der Waals surface area (Å²) >= 11 is 0. The van der Waals surface area contributed by atoms with E-state index < -0.39 is 0 Å². The van der Waals surface area contributed by atoms with E-state index in [0.717, 1.165) is 22.9 Å². The van der Waals surface area contributed by atoms with Crippen LogP contribution in [0.2, 0.25) is 0 Å². The predicted octanol–water partition coefficient (Wildman–Crippen LogP) is 2.06. The van der Waals surface area contributed by atoms with Crippen molar-refractivity contribution in [2.45, 2.75) is 0 Å². The van der Waals surface area contributed by atoms with Crippen LogP contribution >= 0.6 is 0 Å². The largest absolute Gasteiger partial charge is 0.496 e. The Bertz CT molecular complexity index is 480. The van der Waals surface area contributed by atoms with Crippen molar-refractivity contribution in [3.8, 4) is 5.75 Å². The average molecular weight is 187 g/mol. The Kier molecular flexibility index (Phi) is 2.14. The first-order valence-corrected chi connectivity index (χ1v) is 4.23. The molecule has 14 heavy (non-hydrogen) atoms. The van der Waals surface area contributed by atoms with E-state index in [9.17, 15) is 4.79 Å². The molecule has 1 aromatic heterocycles. The van der Waals surface area contributed by atoms with E-state index in [1.165, 1.54) is 0 Å². The zero-order valence-electron chi connectivity index (χ0n) is 7.73. The smallest absolute Gasteiger partial charge is 0.151 e. The molecule has 0 aliphatic heterocycles. The molecule has 0 bridgehead atoms. The molecule has 2 aromatic rings. The number of methoxy groups -OCH3 is 1. The summed E-state index contributed by atoms with van der Waals surface area (Å²) in [5.74, 6) is 0.735. The molecule has 0 fully saturated rings. The first kappa shape index (κ1) is 8.69. The van der Waals surface area contributed by atoms with Crippen molar-refractivity contribution in [2.24, 2.45) is 0 Å². The van der Waals surface area contributed by atoms with Gasteiger partial charge in [0, 0.05) is 17.1 Å². The molecule has 0 aliphatic carbocycles. The molecule has 2 rings (SSSR count). The second kappa shape index (κ2) is 3.46. The Balaban J connectivity index is 2.76. The van der Waals surface area contributed by atoms with Gasteiger partial charge in [0.25, 0.3) is 0 Å². The normalized spacial score (nSPS) is 10.1. The van der Waals surface area contributed by atoms with Crippen molar-refractivity contribution in [1.29, 1.82) is 0 Å². The van der Waals surface area contributed by atoms with Crippen molar-refractivity contribution in [3.63, 3.8) is 0 Å². The topological polar surface area (TPSA) is 39.2 Å². The number of hydrogen-bond donors (Lipinski definition) is 0. The van der Waals surface area contributed by atoms with Gasteiger partial charge in [-0.05, 0) is 18.2 Å². The van der Waals surface area contributed by atoms with E-state index in [1.807, 2.05) is 18.2 Å². The monoisotopic (exact) mass is 187 g/mol. The summed E-state index contributed by atoms with van der Waals surface area (Å²) in [6, 6.07) is 7.37. The van der Waals surface area contributed by atoms with Crippen molar-refractivity contribution < 1.29 is 9.53 Å². The van der Waals surface area contributed by atoms with Gasteiger partial charge in [0.1, 0.15) is 5.75 Å². The lowest BCUT2D eigenvalue weighted by atomic mass is 10.1. The van der Waals surface area contributed by atoms with E-state index in [0.29, 0.717) is 5.56 Å². The second-order valence-corrected chi connectivity index (χ2v) is 2.91. The van der Waals surface area contributed by atoms with E-state index in [-0.39, 0.29) is 0 Å². The highest BCUT2D eigenvalue weighted by molar-refractivity contribution is 5.89. The molecule has 1 aromatic carbocycles. The number of pyridine rings is 1. The molecule has 0 amide bonds. The van der Waals surface area contributed by atoms with Crippen LogP contribution in [0, 0.1) is 0 Å². The number of nitrogens with zero attached hydrogens (tertiary/aromatic N) is 1. The van der Waals surface area contributed by atoms with Gasteiger partial charge in [0.15, 0.2) is 6.29 Å². The van der Waals surface area contributed by atoms with Crippen LogP contribution in [-0.2, 0) is 0 Å². The van der Waals surface area contributed by atoms with Gasteiger partial charge < -0.3 is 4.74 Å². The molecule has 1 heterocycles. The minimum atomic E-state index is 0.557. The zero-order valence-corrected chi connectivity index (χ0v) is 7.73. The highest BCUT2D eigenvalue weighted by atomic mass is 16.5. The number of ether oxygens (including phenoxy) is 1. The Hall–Kier alpha value is -1.90. The second-order valence-electron chi connectivity index (χ2n) is 2.91. The van der Waals surface area contributed by atoms with Crippen LogP contribution in [0.15, 0.2) is 30.5 Å². The predicted molar refractivity (Wildman–Crippen MR) is 53.7 cm³/mol. The third-order valence-corrected chi connectivity index (χ3v) is 2.06. The lowest BCUT2D eigenvalue weighted by Gasteiger charge is -2.04. The van der Waals surface area contributed by atoms with Gasteiger partial charge in [-0.1, -0.05) is 6.07 Å². The van der Waals surface area contributed by atoms with E-state index in [4.69, 9.17) is 4.74 Å². The van der Waals surface area contributed by atoms with Crippen LogP contribution < -0.4 is 4.74 Å². The first-order valence-electron chi connectivity index (χ1n) is 4.23. The Labute approximate surface area is 81.3 Å². The average Bonchev–Trinajstić information content (AvgIpc) is 2.27. The molecule has 0 saturated heterocycles. The molecule has 0 atom stereocenters. The van der Waals surface area contributed by atoms with E-state index in [1.54, 1.807) is 19.4 Å². The summed E-state index contributed by atoms with van der Waals surface area (Å²) in [7, 11) is 1.60. The minimum absolute atomic E-state index is 0.557. The van der Waals surface area contributed by atoms with E-state index in [2.05, 4.69) is 4.98 Å². The van der Waals surface area contributed by atoms with Crippen LogP contribution in [0.5, 0.6) is 5.75 Å². The van der Waals surface area contributed by atoms with Gasteiger partial charge in [-0.2, -0.15) is 0 Å². The van der Waals surface area contributed by atoms with Crippen molar-refractivity contribution in [3.05, 3.63) is 36.0 Å². The maximum atomic E-state index is 10.6. The summed E-state index contributed by atoms with van der Waals surface area (Å²) in [6.45, 7) is 0. The lowest BCUT2D eigenvalue weighted by molar-refractivity contribution is 0.112. The summed E-state index contributed by atoms with van der Waals surface area (Å²) in [5.41, 5.74) is 1.39. The van der Waals surface area contributed by atoms with Crippen LogP contribution in [0.4, 0.5) is 0 Å². The summed E-state index contributed by atoms with van der Waals surface area (Å²) < 4.78 is 5.17. The molecular weight excluding hydrogens is 178 g/mol. The molecule has 0 radical (unpaired) electrons. The third kappa shape index (κ3) is 1.33. The number of carbonyl (C=O) groups excluding carboxylic acids is 1. The van der Waals surface area contributed by atoms with Gasteiger partial charge in [-0.25, -0.2) is 0 Å². The molecule has 0 N–H and O–H groups in total. The van der Waals surface area contributed by atoms with Crippen molar-refractivity contribution in [2.75, 3.05) is 7.11 Å². The SMILES string of the molecule is COc1cccc2ncc(C=O)cc12. The van der Waals surface area contributed by atoms with Crippen molar-refractivity contribution in [1.82, 2.24) is 4.98 Å². The Morgan fingerprint density at radius 3 is 3.00 bits per heavy atom. The van der Waals surface area contributed by atoms with Crippen LogP contribution in [-0.4, -0.2) is 18.4 Å². The first-order chi connectivity index (χ1) is 6.85. The highest BCUT2D eigenvalue weighted by Gasteiger charge is 2.02. The number of carbonyl (C=O) groups is 1. The Morgan fingerprint density at radius 1 is 1.43 bits per heavy atom. The molecule has 70 valence electrons. The van der Waals surface area contributed by atoms with Gasteiger partial charge in [0.2, 0.25) is 0 Å². The molecule has 0 spiro atoms.